The maximum absolute atomic E-state index is 11.9. The summed E-state index contributed by atoms with van der Waals surface area (Å²) in [6, 6.07) is 17.4. The van der Waals surface area contributed by atoms with Crippen LogP contribution in [0.5, 0.6) is 5.75 Å². The molecule has 10 nitrogen and oxygen atoms in total. The summed E-state index contributed by atoms with van der Waals surface area (Å²) in [6.45, 7) is 4.35. The van der Waals surface area contributed by atoms with Gasteiger partial charge in [-0.2, -0.15) is 0 Å². The topological polar surface area (TPSA) is 124 Å². The van der Waals surface area contributed by atoms with Gasteiger partial charge in [0, 0.05) is 27.7 Å². The largest absolute Gasteiger partial charge is 0.463 e. The zero-order valence-corrected chi connectivity index (χ0v) is 20.3. The first-order chi connectivity index (χ1) is 17.1. The van der Waals surface area contributed by atoms with E-state index in [0.29, 0.717) is 5.75 Å². The van der Waals surface area contributed by atoms with Crippen LogP contribution < -0.4 is 4.74 Å². The Kier molecular flexibility index (Phi) is 9.02. The number of carbonyl (C=O) groups excluding carboxylic acids is 4. The second kappa shape index (κ2) is 12.2. The molecule has 0 unspecified atom stereocenters. The fraction of sp³-hybridized carbons (Fsp3) is 0.385. The van der Waals surface area contributed by atoms with Crippen molar-refractivity contribution in [3.05, 3.63) is 54.6 Å². The van der Waals surface area contributed by atoms with E-state index in [1.807, 2.05) is 24.3 Å². The van der Waals surface area contributed by atoms with Crippen molar-refractivity contribution in [2.75, 3.05) is 6.61 Å². The Morgan fingerprint density at radius 2 is 1.25 bits per heavy atom. The van der Waals surface area contributed by atoms with Gasteiger partial charge in [-0.3, -0.25) is 19.2 Å². The van der Waals surface area contributed by atoms with Gasteiger partial charge in [0.2, 0.25) is 12.4 Å². The van der Waals surface area contributed by atoms with Crippen LogP contribution in [-0.4, -0.2) is 61.2 Å². The van der Waals surface area contributed by atoms with E-state index in [1.54, 1.807) is 24.3 Å². The number of rotatable bonds is 8. The van der Waals surface area contributed by atoms with Crippen LogP contribution in [0.15, 0.2) is 48.5 Å². The molecule has 1 fully saturated rings. The molecule has 0 amide bonds. The zero-order chi connectivity index (χ0) is 26.2. The van der Waals surface area contributed by atoms with Gasteiger partial charge >= 0.3 is 23.9 Å². The molecule has 1 saturated heterocycles. The Bertz CT molecular complexity index is 1070. The third-order valence-corrected chi connectivity index (χ3v) is 5.11. The van der Waals surface area contributed by atoms with E-state index >= 15 is 0 Å². The summed E-state index contributed by atoms with van der Waals surface area (Å²) in [5.41, 5.74) is 1.91. The van der Waals surface area contributed by atoms with E-state index in [4.69, 9.17) is 28.4 Å². The van der Waals surface area contributed by atoms with Crippen LogP contribution in [0.3, 0.4) is 0 Å². The second-order valence-electron chi connectivity index (χ2n) is 8.00. The highest BCUT2D eigenvalue weighted by Crippen LogP contribution is 2.31. The molecule has 0 spiro atoms. The molecular formula is C26H27O10. The zero-order valence-electron chi connectivity index (χ0n) is 20.3. The minimum Gasteiger partial charge on any atom is -0.463 e. The Labute approximate surface area is 208 Å². The van der Waals surface area contributed by atoms with Crippen LogP contribution in [0.1, 0.15) is 27.7 Å². The average Bonchev–Trinajstić information content (AvgIpc) is 2.82. The third-order valence-electron chi connectivity index (χ3n) is 5.11. The smallest absolute Gasteiger partial charge is 0.303 e. The molecule has 0 N–H and O–H groups in total. The van der Waals surface area contributed by atoms with Crippen molar-refractivity contribution in [2.45, 2.75) is 58.4 Å². The molecular weight excluding hydrogens is 472 g/mol. The molecule has 36 heavy (non-hydrogen) atoms. The summed E-state index contributed by atoms with van der Waals surface area (Å²) in [6.07, 6.45) is -6.21. The first-order valence-corrected chi connectivity index (χ1v) is 11.2. The highest BCUT2D eigenvalue weighted by molar-refractivity contribution is 5.69. The lowest BCUT2D eigenvalue weighted by Gasteiger charge is -2.43. The van der Waals surface area contributed by atoms with E-state index in [0.717, 1.165) is 25.0 Å². The number of carbonyl (C=O) groups is 4. The third kappa shape index (κ3) is 7.29. The molecule has 0 aromatic heterocycles. The molecule has 3 rings (SSSR count). The van der Waals surface area contributed by atoms with Crippen LogP contribution >= 0.6 is 0 Å². The summed E-state index contributed by atoms with van der Waals surface area (Å²) < 4.78 is 33.1. The Morgan fingerprint density at radius 3 is 1.81 bits per heavy atom. The second-order valence-corrected chi connectivity index (χ2v) is 8.00. The van der Waals surface area contributed by atoms with Crippen LogP contribution in [0, 0.1) is 6.07 Å². The number of benzene rings is 2. The minimum atomic E-state index is -1.30. The van der Waals surface area contributed by atoms with Gasteiger partial charge in [-0.05, 0) is 29.3 Å². The number of esters is 4. The van der Waals surface area contributed by atoms with Gasteiger partial charge in [-0.15, -0.1) is 0 Å². The number of hydrogen-bond acceptors (Lipinski definition) is 10. The van der Waals surface area contributed by atoms with Gasteiger partial charge < -0.3 is 28.4 Å². The summed E-state index contributed by atoms with van der Waals surface area (Å²) in [5.74, 6) is -2.36. The summed E-state index contributed by atoms with van der Waals surface area (Å²) in [7, 11) is 0. The quantitative estimate of drug-likeness (QED) is 0.395. The predicted molar refractivity (Wildman–Crippen MR) is 123 cm³/mol. The van der Waals surface area contributed by atoms with Crippen LogP contribution in [0.2, 0.25) is 0 Å². The molecule has 1 heterocycles. The first-order valence-electron chi connectivity index (χ1n) is 11.2. The Morgan fingerprint density at radius 1 is 0.722 bits per heavy atom. The lowest BCUT2D eigenvalue weighted by molar-refractivity contribution is -0.288. The monoisotopic (exact) mass is 499 g/mol. The number of ether oxygens (including phenoxy) is 6. The van der Waals surface area contributed by atoms with E-state index in [-0.39, 0.29) is 6.61 Å². The lowest BCUT2D eigenvalue weighted by atomic mass is 9.98. The molecule has 1 radical (unpaired) electrons. The normalized spacial score (nSPS) is 23.2. The van der Waals surface area contributed by atoms with Crippen molar-refractivity contribution < 1.29 is 47.6 Å². The van der Waals surface area contributed by atoms with Crippen LogP contribution in [0.4, 0.5) is 0 Å². The van der Waals surface area contributed by atoms with E-state index in [2.05, 4.69) is 6.07 Å². The summed E-state index contributed by atoms with van der Waals surface area (Å²) in [5, 5.41) is 0. The van der Waals surface area contributed by atoms with E-state index in [9.17, 15) is 19.2 Å². The highest BCUT2D eigenvalue weighted by Gasteiger charge is 2.53. The van der Waals surface area contributed by atoms with Gasteiger partial charge in [0.15, 0.2) is 12.2 Å². The number of hydrogen-bond donors (Lipinski definition) is 0. The predicted octanol–water partition coefficient (Wildman–Crippen LogP) is 2.62. The van der Waals surface area contributed by atoms with Crippen molar-refractivity contribution in [1.82, 2.24) is 0 Å². The first kappa shape index (κ1) is 26.7. The molecule has 2 aromatic rings. The molecule has 1 aliphatic heterocycles. The summed E-state index contributed by atoms with van der Waals surface area (Å²) >= 11 is 0. The maximum atomic E-state index is 11.9. The van der Waals surface area contributed by atoms with Crippen molar-refractivity contribution >= 4 is 23.9 Å². The Hall–Kier alpha value is -3.92. The average molecular weight is 499 g/mol. The summed E-state index contributed by atoms with van der Waals surface area (Å²) in [4.78, 5) is 47.1. The van der Waals surface area contributed by atoms with Gasteiger partial charge in [-0.1, -0.05) is 36.4 Å². The van der Waals surface area contributed by atoms with Crippen LogP contribution in [0.25, 0.3) is 11.1 Å². The van der Waals surface area contributed by atoms with Crippen molar-refractivity contribution in [2.24, 2.45) is 0 Å². The SMILES string of the molecule is CC(=O)OC[C@H]1O[C@H](Oc2ccc(-c3cc[c]cc3)cc2)[C@@H](OC(C)=O)[C@@H](OC(C)=O)[C@@H]1OC(C)=O. The van der Waals surface area contributed by atoms with Gasteiger partial charge in [0.25, 0.3) is 0 Å². The molecule has 191 valence electrons. The maximum Gasteiger partial charge on any atom is 0.303 e. The lowest BCUT2D eigenvalue weighted by Crippen LogP contribution is -2.63. The molecule has 1 aliphatic rings. The fourth-order valence-corrected chi connectivity index (χ4v) is 3.72. The highest BCUT2D eigenvalue weighted by atomic mass is 16.7. The van der Waals surface area contributed by atoms with Gasteiger partial charge in [0.1, 0.15) is 18.5 Å². The fourth-order valence-electron chi connectivity index (χ4n) is 3.72. The van der Waals surface area contributed by atoms with Crippen molar-refractivity contribution in [1.29, 1.82) is 0 Å². The molecule has 2 aromatic carbocycles. The standard InChI is InChI=1S/C26H27O10/c1-15(27)31-14-22-23(32-16(2)28)24(33-17(3)29)25(34-18(4)30)26(36-22)35-21-12-10-20(11-13-21)19-8-6-5-7-9-19/h6-13,22-26H,14H2,1-4H3/t22-,23-,24+,25+,26+/m1/s1. The minimum absolute atomic E-state index is 0.332. The Balaban J connectivity index is 1.92. The molecule has 5 atom stereocenters. The molecule has 0 bridgehead atoms. The van der Waals surface area contributed by atoms with Crippen molar-refractivity contribution in [3.8, 4) is 16.9 Å². The molecule has 0 aliphatic carbocycles. The van der Waals surface area contributed by atoms with Gasteiger partial charge in [0.05, 0.1) is 0 Å². The molecule has 10 heteroatoms. The van der Waals surface area contributed by atoms with Gasteiger partial charge in [-0.25, -0.2) is 0 Å². The van der Waals surface area contributed by atoms with E-state index < -0.39 is 54.6 Å². The molecule has 0 saturated carbocycles. The van der Waals surface area contributed by atoms with E-state index in [1.165, 1.54) is 13.8 Å². The van der Waals surface area contributed by atoms with Crippen LogP contribution in [-0.2, 0) is 42.9 Å². The van der Waals surface area contributed by atoms with Crippen molar-refractivity contribution in [3.63, 3.8) is 0 Å².